The van der Waals surface area contributed by atoms with Gasteiger partial charge in [0.25, 0.3) is 0 Å². The lowest BCUT2D eigenvalue weighted by molar-refractivity contribution is 0.143. The van der Waals surface area contributed by atoms with Crippen molar-refractivity contribution in [3.05, 3.63) is 60.1 Å². The Bertz CT molecular complexity index is 479. The summed E-state index contributed by atoms with van der Waals surface area (Å²) in [4.78, 5) is 0. The maximum atomic E-state index is 10.0. The van der Waals surface area contributed by atoms with Crippen molar-refractivity contribution in [3.63, 3.8) is 0 Å². The third kappa shape index (κ3) is 4.22. The molecule has 0 saturated carbocycles. The number of rotatable bonds is 7. The topological polar surface area (TPSA) is 45.4 Å². The minimum absolute atomic E-state index is 0.0204. The van der Waals surface area contributed by atoms with E-state index in [1.165, 1.54) is 0 Å². The summed E-state index contributed by atoms with van der Waals surface area (Å²) >= 11 is 0. The summed E-state index contributed by atoms with van der Waals surface area (Å²) < 4.78 is 5.52. The van der Waals surface area contributed by atoms with Gasteiger partial charge in [-0.1, -0.05) is 44.2 Å². The lowest BCUT2D eigenvalue weighted by Crippen LogP contribution is -2.31. The van der Waals surface area contributed by atoms with Crippen LogP contribution in [0.4, 0.5) is 0 Å². The number of furan rings is 1. The number of hydrogen-bond donors (Lipinski definition) is 2. The van der Waals surface area contributed by atoms with E-state index in [1.54, 1.807) is 6.26 Å². The molecular weight excluding hydrogens is 250 g/mol. The second kappa shape index (κ2) is 7.27. The molecule has 20 heavy (non-hydrogen) atoms. The highest BCUT2D eigenvalue weighted by molar-refractivity contribution is 5.26. The molecule has 2 unspecified atom stereocenters. The lowest BCUT2D eigenvalue weighted by Gasteiger charge is -2.20. The van der Waals surface area contributed by atoms with Gasteiger partial charge in [-0.25, -0.2) is 0 Å². The van der Waals surface area contributed by atoms with E-state index in [2.05, 4.69) is 31.3 Å². The van der Waals surface area contributed by atoms with Crippen LogP contribution in [0, 0.1) is 5.92 Å². The van der Waals surface area contributed by atoms with Crippen molar-refractivity contribution in [2.24, 2.45) is 5.92 Å². The number of aliphatic hydroxyl groups is 1. The van der Waals surface area contributed by atoms with Crippen LogP contribution in [0.3, 0.4) is 0 Å². The minimum Gasteiger partial charge on any atom is -0.467 e. The fraction of sp³-hybridized carbons (Fsp3) is 0.412. The molecule has 1 aromatic carbocycles. The van der Waals surface area contributed by atoms with Crippen molar-refractivity contribution in [3.8, 4) is 0 Å². The minimum atomic E-state index is -0.337. The molecule has 1 heterocycles. The Kier molecular flexibility index (Phi) is 5.39. The van der Waals surface area contributed by atoms with Crippen molar-refractivity contribution < 1.29 is 9.52 Å². The molecule has 0 aliphatic rings. The Hall–Kier alpha value is -1.58. The predicted molar refractivity (Wildman–Crippen MR) is 80.5 cm³/mol. The maximum Gasteiger partial charge on any atom is 0.125 e. The van der Waals surface area contributed by atoms with E-state index in [9.17, 15) is 5.11 Å². The Morgan fingerprint density at radius 1 is 1.10 bits per heavy atom. The Morgan fingerprint density at radius 2 is 1.85 bits per heavy atom. The molecule has 0 spiro atoms. The Labute approximate surface area is 120 Å². The molecule has 0 amide bonds. The van der Waals surface area contributed by atoms with Gasteiger partial charge in [0.05, 0.1) is 18.4 Å². The van der Waals surface area contributed by atoms with Crippen molar-refractivity contribution in [1.82, 2.24) is 5.32 Å². The molecule has 2 N–H and O–H groups in total. The third-order valence-electron chi connectivity index (χ3n) is 3.26. The van der Waals surface area contributed by atoms with Crippen LogP contribution in [0.1, 0.15) is 37.6 Å². The summed E-state index contributed by atoms with van der Waals surface area (Å²) in [6.07, 6.45) is 2.14. The molecule has 3 nitrogen and oxygen atoms in total. The van der Waals surface area contributed by atoms with Gasteiger partial charge < -0.3 is 14.8 Å². The quantitative estimate of drug-likeness (QED) is 0.813. The van der Waals surface area contributed by atoms with Gasteiger partial charge in [0, 0.05) is 6.54 Å². The predicted octanol–water partition coefficient (Wildman–Crippen LogP) is 3.37. The third-order valence-corrected chi connectivity index (χ3v) is 3.26. The number of nitrogens with one attached hydrogen (secondary N) is 1. The van der Waals surface area contributed by atoms with Gasteiger partial charge in [-0.05, 0) is 30.0 Å². The molecule has 0 saturated heterocycles. The van der Waals surface area contributed by atoms with Crippen LogP contribution in [0.15, 0.2) is 53.1 Å². The van der Waals surface area contributed by atoms with Crippen LogP contribution in [0.2, 0.25) is 0 Å². The first-order valence-corrected chi connectivity index (χ1v) is 7.16. The van der Waals surface area contributed by atoms with Gasteiger partial charge in [-0.2, -0.15) is 0 Å². The number of hydrogen-bond acceptors (Lipinski definition) is 3. The van der Waals surface area contributed by atoms with E-state index in [0.29, 0.717) is 12.5 Å². The van der Waals surface area contributed by atoms with Crippen LogP contribution >= 0.6 is 0 Å². The van der Waals surface area contributed by atoms with Gasteiger partial charge in [-0.15, -0.1) is 0 Å². The van der Waals surface area contributed by atoms with Crippen molar-refractivity contribution in [2.75, 3.05) is 6.54 Å². The highest BCUT2D eigenvalue weighted by atomic mass is 16.3. The molecule has 3 heteroatoms. The van der Waals surface area contributed by atoms with Crippen molar-refractivity contribution in [2.45, 2.75) is 32.4 Å². The molecular formula is C17H23NO2. The van der Waals surface area contributed by atoms with Crippen LogP contribution in [-0.2, 0) is 0 Å². The molecule has 108 valence electrons. The molecule has 2 atom stereocenters. The molecule has 2 rings (SSSR count). The van der Waals surface area contributed by atoms with Crippen LogP contribution < -0.4 is 5.32 Å². The maximum absolute atomic E-state index is 10.0. The lowest BCUT2D eigenvalue weighted by atomic mass is 10.0. The van der Waals surface area contributed by atoms with Gasteiger partial charge >= 0.3 is 0 Å². The molecule has 0 bridgehead atoms. The fourth-order valence-corrected chi connectivity index (χ4v) is 2.37. The second-order valence-electron chi connectivity index (χ2n) is 5.55. The molecule has 1 aromatic heterocycles. The van der Waals surface area contributed by atoms with E-state index >= 15 is 0 Å². The smallest absolute Gasteiger partial charge is 0.125 e. The summed E-state index contributed by atoms with van der Waals surface area (Å²) in [5.41, 5.74) is 1.14. The second-order valence-corrected chi connectivity index (χ2v) is 5.55. The van der Waals surface area contributed by atoms with Gasteiger partial charge in [0.15, 0.2) is 0 Å². The average Bonchev–Trinajstić information content (AvgIpc) is 2.93. The largest absolute Gasteiger partial charge is 0.467 e. The summed E-state index contributed by atoms with van der Waals surface area (Å²) in [5.74, 6) is 1.36. The van der Waals surface area contributed by atoms with E-state index in [0.717, 1.165) is 17.7 Å². The number of aliphatic hydroxyl groups excluding tert-OH is 1. The van der Waals surface area contributed by atoms with E-state index < -0.39 is 0 Å². The van der Waals surface area contributed by atoms with Crippen molar-refractivity contribution in [1.29, 1.82) is 0 Å². The summed E-state index contributed by atoms with van der Waals surface area (Å²) in [7, 11) is 0. The monoisotopic (exact) mass is 273 g/mol. The molecule has 2 aromatic rings. The van der Waals surface area contributed by atoms with Crippen LogP contribution in [-0.4, -0.2) is 17.8 Å². The fourth-order valence-electron chi connectivity index (χ4n) is 2.37. The molecule has 0 aliphatic heterocycles. The van der Waals surface area contributed by atoms with E-state index in [1.807, 2.05) is 30.3 Å². The van der Waals surface area contributed by atoms with Crippen molar-refractivity contribution >= 4 is 0 Å². The highest BCUT2D eigenvalue weighted by Gasteiger charge is 2.17. The standard InChI is InChI=1S/C17H23NO2/c1-13(2)11-15(19)12-18-17(16-9-6-10-20-16)14-7-4-3-5-8-14/h3-10,13,15,17-19H,11-12H2,1-2H3. The van der Waals surface area contributed by atoms with E-state index in [-0.39, 0.29) is 12.1 Å². The summed E-state index contributed by atoms with van der Waals surface area (Å²) in [6, 6.07) is 14.0. The average molecular weight is 273 g/mol. The van der Waals surface area contributed by atoms with Gasteiger partial charge in [0.1, 0.15) is 5.76 Å². The zero-order valence-electron chi connectivity index (χ0n) is 12.1. The Balaban J connectivity index is 2.05. The SMILES string of the molecule is CC(C)CC(O)CNC(c1ccccc1)c1ccco1. The van der Waals surface area contributed by atoms with E-state index in [4.69, 9.17) is 4.42 Å². The first-order chi connectivity index (χ1) is 9.66. The normalized spacial score (nSPS) is 14.4. The first-order valence-electron chi connectivity index (χ1n) is 7.16. The first kappa shape index (κ1) is 14.8. The molecule has 0 radical (unpaired) electrons. The van der Waals surface area contributed by atoms with Crippen LogP contribution in [0.5, 0.6) is 0 Å². The number of benzene rings is 1. The van der Waals surface area contributed by atoms with Gasteiger partial charge in [-0.3, -0.25) is 0 Å². The molecule has 0 fully saturated rings. The van der Waals surface area contributed by atoms with Gasteiger partial charge in [0.2, 0.25) is 0 Å². The summed E-state index contributed by atoms with van der Waals surface area (Å²) in [6.45, 7) is 4.79. The zero-order valence-corrected chi connectivity index (χ0v) is 12.1. The van der Waals surface area contributed by atoms with Crippen LogP contribution in [0.25, 0.3) is 0 Å². The Morgan fingerprint density at radius 3 is 2.45 bits per heavy atom. The zero-order chi connectivity index (χ0) is 14.4. The highest BCUT2D eigenvalue weighted by Crippen LogP contribution is 2.22. The summed E-state index contributed by atoms with van der Waals surface area (Å²) in [5, 5.41) is 13.4. The molecule has 0 aliphatic carbocycles.